The number of para-hydroxylation sites is 2. The summed E-state index contributed by atoms with van der Waals surface area (Å²) in [4.78, 5) is 28.2. The standard InChI is InChI=1S/C22H29N5O2/c1-17-7-9-27(10-8-17)22-23-15-18(16-24-22)21(28)26-13-11-25(12-14-26)19-5-3-4-6-20(19)29-2/h3-6,15-17H,7-14H2,1-2H3. The van der Waals surface area contributed by atoms with Crippen molar-refractivity contribution in [3.63, 3.8) is 0 Å². The average molecular weight is 396 g/mol. The largest absolute Gasteiger partial charge is 0.495 e. The van der Waals surface area contributed by atoms with E-state index in [1.807, 2.05) is 23.1 Å². The molecule has 29 heavy (non-hydrogen) atoms. The van der Waals surface area contributed by atoms with E-state index in [0.717, 1.165) is 49.5 Å². The zero-order valence-electron chi connectivity index (χ0n) is 17.3. The van der Waals surface area contributed by atoms with E-state index in [9.17, 15) is 4.79 Å². The van der Waals surface area contributed by atoms with E-state index in [1.165, 1.54) is 12.8 Å². The molecule has 3 heterocycles. The molecule has 0 unspecified atom stereocenters. The SMILES string of the molecule is COc1ccccc1N1CCN(C(=O)c2cnc(N3CCC(C)CC3)nc2)CC1. The number of methoxy groups -OCH3 is 1. The molecule has 2 aliphatic rings. The zero-order chi connectivity index (χ0) is 20.2. The monoisotopic (exact) mass is 395 g/mol. The molecule has 7 nitrogen and oxygen atoms in total. The number of piperidine rings is 1. The van der Waals surface area contributed by atoms with Gasteiger partial charge in [0.25, 0.3) is 5.91 Å². The summed E-state index contributed by atoms with van der Waals surface area (Å²) in [6.07, 6.45) is 5.69. The van der Waals surface area contributed by atoms with Gasteiger partial charge in [0.1, 0.15) is 5.75 Å². The topological polar surface area (TPSA) is 61.8 Å². The minimum atomic E-state index is 0.00323. The second-order valence-corrected chi connectivity index (χ2v) is 7.89. The molecule has 0 saturated carbocycles. The minimum Gasteiger partial charge on any atom is -0.495 e. The molecule has 154 valence electrons. The van der Waals surface area contributed by atoms with E-state index in [1.54, 1.807) is 19.5 Å². The molecule has 0 aliphatic carbocycles. The molecule has 0 spiro atoms. The van der Waals surface area contributed by atoms with Crippen LogP contribution < -0.4 is 14.5 Å². The number of hydrogen-bond donors (Lipinski definition) is 0. The van der Waals surface area contributed by atoms with Gasteiger partial charge in [-0.2, -0.15) is 0 Å². The summed E-state index contributed by atoms with van der Waals surface area (Å²) in [6.45, 7) is 7.14. The number of rotatable bonds is 4. The fraction of sp³-hybridized carbons (Fsp3) is 0.500. The van der Waals surface area contributed by atoms with Gasteiger partial charge in [-0.05, 0) is 30.9 Å². The fourth-order valence-corrected chi connectivity index (χ4v) is 4.03. The van der Waals surface area contributed by atoms with Crippen molar-refractivity contribution in [1.29, 1.82) is 0 Å². The third-order valence-corrected chi connectivity index (χ3v) is 5.94. The van der Waals surface area contributed by atoms with Crippen LogP contribution in [0.3, 0.4) is 0 Å². The van der Waals surface area contributed by atoms with E-state index < -0.39 is 0 Å². The fourth-order valence-electron chi connectivity index (χ4n) is 4.03. The van der Waals surface area contributed by atoms with E-state index in [-0.39, 0.29) is 5.91 Å². The number of carbonyl (C=O) groups is 1. The first-order chi connectivity index (χ1) is 14.2. The lowest BCUT2D eigenvalue weighted by molar-refractivity contribution is 0.0746. The van der Waals surface area contributed by atoms with Crippen LogP contribution >= 0.6 is 0 Å². The number of ether oxygens (including phenoxy) is 1. The maximum Gasteiger partial charge on any atom is 0.257 e. The highest BCUT2D eigenvalue weighted by atomic mass is 16.5. The van der Waals surface area contributed by atoms with Crippen LogP contribution in [0.2, 0.25) is 0 Å². The Kier molecular flexibility index (Phi) is 5.83. The maximum absolute atomic E-state index is 12.9. The molecule has 0 atom stereocenters. The number of piperazine rings is 1. The molecule has 4 rings (SSSR count). The van der Waals surface area contributed by atoms with Crippen LogP contribution in [0.5, 0.6) is 5.75 Å². The molecule has 2 fully saturated rings. The Bertz CT molecular complexity index is 825. The summed E-state index contributed by atoms with van der Waals surface area (Å²) >= 11 is 0. The number of aromatic nitrogens is 2. The highest BCUT2D eigenvalue weighted by Gasteiger charge is 2.25. The predicted octanol–water partition coefficient (Wildman–Crippen LogP) is 2.68. The molecule has 2 saturated heterocycles. The number of nitrogens with zero attached hydrogens (tertiary/aromatic N) is 5. The normalized spacial score (nSPS) is 18.1. The Labute approximate surface area is 172 Å². The molecule has 0 radical (unpaired) electrons. The van der Waals surface area contributed by atoms with Gasteiger partial charge in [0.05, 0.1) is 18.4 Å². The molecular formula is C22H29N5O2. The van der Waals surface area contributed by atoms with Gasteiger partial charge in [-0.15, -0.1) is 0 Å². The molecule has 2 aromatic rings. The van der Waals surface area contributed by atoms with E-state index in [2.05, 4.69) is 32.8 Å². The van der Waals surface area contributed by atoms with Crippen molar-refractivity contribution >= 4 is 17.5 Å². The molecule has 2 aliphatic heterocycles. The van der Waals surface area contributed by atoms with Crippen molar-refractivity contribution < 1.29 is 9.53 Å². The lowest BCUT2D eigenvalue weighted by atomic mass is 10.00. The van der Waals surface area contributed by atoms with Crippen molar-refractivity contribution in [3.05, 3.63) is 42.2 Å². The molecule has 0 bridgehead atoms. The van der Waals surface area contributed by atoms with Gasteiger partial charge in [0.15, 0.2) is 0 Å². The smallest absolute Gasteiger partial charge is 0.257 e. The summed E-state index contributed by atoms with van der Waals surface area (Å²) in [6, 6.07) is 8.01. The summed E-state index contributed by atoms with van der Waals surface area (Å²) in [5, 5.41) is 0. The first-order valence-electron chi connectivity index (χ1n) is 10.4. The Morgan fingerprint density at radius 3 is 2.28 bits per heavy atom. The van der Waals surface area contributed by atoms with Crippen molar-refractivity contribution in [2.45, 2.75) is 19.8 Å². The van der Waals surface area contributed by atoms with Gasteiger partial charge < -0.3 is 19.4 Å². The second kappa shape index (κ2) is 8.68. The van der Waals surface area contributed by atoms with Gasteiger partial charge in [-0.3, -0.25) is 4.79 Å². The van der Waals surface area contributed by atoms with Crippen LogP contribution in [0, 0.1) is 5.92 Å². The Morgan fingerprint density at radius 2 is 1.62 bits per heavy atom. The van der Waals surface area contributed by atoms with Crippen molar-refractivity contribution in [1.82, 2.24) is 14.9 Å². The van der Waals surface area contributed by atoms with Crippen molar-refractivity contribution in [3.8, 4) is 5.75 Å². The summed E-state index contributed by atoms with van der Waals surface area (Å²) in [5.74, 6) is 2.36. The zero-order valence-corrected chi connectivity index (χ0v) is 17.3. The van der Waals surface area contributed by atoms with Crippen molar-refractivity contribution in [2.75, 3.05) is 56.2 Å². The first-order valence-corrected chi connectivity index (χ1v) is 10.4. The van der Waals surface area contributed by atoms with Gasteiger partial charge in [0.2, 0.25) is 5.95 Å². The van der Waals surface area contributed by atoms with E-state index in [0.29, 0.717) is 18.7 Å². The predicted molar refractivity (Wildman–Crippen MR) is 114 cm³/mol. The second-order valence-electron chi connectivity index (χ2n) is 7.89. The average Bonchev–Trinajstić information content (AvgIpc) is 2.79. The molecule has 7 heteroatoms. The quantitative estimate of drug-likeness (QED) is 0.793. The molecule has 1 aromatic heterocycles. The van der Waals surface area contributed by atoms with Crippen LogP contribution in [-0.2, 0) is 0 Å². The Morgan fingerprint density at radius 1 is 0.966 bits per heavy atom. The Hall–Kier alpha value is -2.83. The number of benzene rings is 1. The highest BCUT2D eigenvalue weighted by Crippen LogP contribution is 2.28. The molecule has 1 amide bonds. The summed E-state index contributed by atoms with van der Waals surface area (Å²) in [5.41, 5.74) is 1.63. The number of amides is 1. The molecule has 0 N–H and O–H groups in total. The van der Waals surface area contributed by atoms with Crippen LogP contribution in [0.1, 0.15) is 30.1 Å². The molecular weight excluding hydrogens is 366 g/mol. The van der Waals surface area contributed by atoms with E-state index >= 15 is 0 Å². The number of hydrogen-bond acceptors (Lipinski definition) is 6. The third kappa shape index (κ3) is 4.28. The van der Waals surface area contributed by atoms with Crippen LogP contribution in [0.15, 0.2) is 36.7 Å². The number of carbonyl (C=O) groups excluding carboxylic acids is 1. The van der Waals surface area contributed by atoms with Gasteiger partial charge in [-0.25, -0.2) is 9.97 Å². The lowest BCUT2D eigenvalue weighted by Crippen LogP contribution is -2.49. The third-order valence-electron chi connectivity index (χ3n) is 5.94. The summed E-state index contributed by atoms with van der Waals surface area (Å²) in [7, 11) is 1.69. The van der Waals surface area contributed by atoms with Crippen LogP contribution in [-0.4, -0.2) is 67.2 Å². The molecule has 1 aromatic carbocycles. The first kappa shape index (κ1) is 19.5. The van der Waals surface area contributed by atoms with Crippen molar-refractivity contribution in [2.24, 2.45) is 5.92 Å². The van der Waals surface area contributed by atoms with Crippen LogP contribution in [0.25, 0.3) is 0 Å². The van der Waals surface area contributed by atoms with Gasteiger partial charge in [0, 0.05) is 51.7 Å². The van der Waals surface area contributed by atoms with Crippen LogP contribution in [0.4, 0.5) is 11.6 Å². The van der Waals surface area contributed by atoms with Gasteiger partial charge >= 0.3 is 0 Å². The van der Waals surface area contributed by atoms with Gasteiger partial charge in [-0.1, -0.05) is 19.1 Å². The van der Waals surface area contributed by atoms with E-state index in [4.69, 9.17) is 4.74 Å². The lowest BCUT2D eigenvalue weighted by Gasteiger charge is -2.36. The number of anilines is 2. The minimum absolute atomic E-state index is 0.00323. The summed E-state index contributed by atoms with van der Waals surface area (Å²) < 4.78 is 5.47. The maximum atomic E-state index is 12.9. The highest BCUT2D eigenvalue weighted by molar-refractivity contribution is 5.93. The Balaban J connectivity index is 1.36.